The Hall–Kier alpha value is -1.16. The molecule has 2 atom stereocenters. The van der Waals surface area contributed by atoms with Gasteiger partial charge in [0, 0.05) is 23.6 Å². The van der Waals surface area contributed by atoms with Gasteiger partial charge in [-0.25, -0.2) is 0 Å². The van der Waals surface area contributed by atoms with Crippen molar-refractivity contribution in [2.75, 3.05) is 26.7 Å². The second-order valence-corrected chi connectivity index (χ2v) is 8.25. The van der Waals surface area contributed by atoms with Crippen LogP contribution in [-0.2, 0) is 5.60 Å². The van der Waals surface area contributed by atoms with E-state index in [-0.39, 0.29) is 0 Å². The highest BCUT2D eigenvalue weighted by Gasteiger charge is 2.54. The van der Waals surface area contributed by atoms with Crippen LogP contribution in [0.3, 0.4) is 0 Å². The Balaban J connectivity index is 1.82. The SMILES string of the molecule is C[N+]12CCC(CC1)[C@@H]([C@](O)(c1ccccc1)c1cccs1)C2. The molecule has 5 rings (SSSR count). The van der Waals surface area contributed by atoms with Crippen LogP contribution < -0.4 is 0 Å². The van der Waals surface area contributed by atoms with Gasteiger partial charge in [0.15, 0.2) is 0 Å². The minimum atomic E-state index is -0.833. The summed E-state index contributed by atoms with van der Waals surface area (Å²) in [4.78, 5) is 1.10. The van der Waals surface area contributed by atoms with Crippen LogP contribution in [-0.4, -0.2) is 36.3 Å². The average molecular weight is 314 g/mol. The monoisotopic (exact) mass is 314 g/mol. The van der Waals surface area contributed by atoms with E-state index in [9.17, 15) is 5.11 Å². The Labute approximate surface area is 136 Å². The van der Waals surface area contributed by atoms with Crippen LogP contribution in [0.2, 0.25) is 0 Å². The number of rotatable bonds is 3. The highest BCUT2D eigenvalue weighted by molar-refractivity contribution is 7.10. The molecule has 0 saturated carbocycles. The fraction of sp³-hybridized carbons (Fsp3) is 0.474. The topological polar surface area (TPSA) is 20.2 Å². The van der Waals surface area contributed by atoms with E-state index >= 15 is 0 Å². The molecule has 2 aromatic rings. The number of piperidine rings is 3. The molecule has 2 nitrogen and oxygen atoms in total. The Morgan fingerprint density at radius 3 is 2.41 bits per heavy atom. The molecule has 116 valence electrons. The van der Waals surface area contributed by atoms with Crippen molar-refractivity contribution in [3.63, 3.8) is 0 Å². The minimum Gasteiger partial charge on any atom is -0.379 e. The van der Waals surface area contributed by atoms with E-state index < -0.39 is 5.60 Å². The highest BCUT2D eigenvalue weighted by atomic mass is 32.1. The first-order valence-electron chi connectivity index (χ1n) is 8.27. The highest BCUT2D eigenvalue weighted by Crippen LogP contribution is 2.49. The Kier molecular flexibility index (Phi) is 3.40. The largest absolute Gasteiger partial charge is 0.379 e. The first-order valence-corrected chi connectivity index (χ1v) is 9.15. The van der Waals surface area contributed by atoms with Gasteiger partial charge in [0.1, 0.15) is 5.60 Å². The van der Waals surface area contributed by atoms with Crippen LogP contribution in [0.1, 0.15) is 23.3 Å². The lowest BCUT2D eigenvalue weighted by Crippen LogP contribution is -2.63. The van der Waals surface area contributed by atoms with Crippen molar-refractivity contribution >= 4 is 11.3 Å². The van der Waals surface area contributed by atoms with Crippen LogP contribution in [0.5, 0.6) is 0 Å². The molecule has 1 N–H and O–H groups in total. The van der Waals surface area contributed by atoms with Gasteiger partial charge in [-0.05, 0) is 22.9 Å². The van der Waals surface area contributed by atoms with Crippen LogP contribution in [0.25, 0.3) is 0 Å². The summed E-state index contributed by atoms with van der Waals surface area (Å²) >= 11 is 1.69. The lowest BCUT2D eigenvalue weighted by Gasteiger charge is -2.54. The van der Waals surface area contributed by atoms with Gasteiger partial charge in [-0.1, -0.05) is 36.4 Å². The Morgan fingerprint density at radius 1 is 1.09 bits per heavy atom. The van der Waals surface area contributed by atoms with E-state index in [1.165, 1.54) is 25.9 Å². The molecule has 3 aliphatic heterocycles. The number of benzene rings is 1. The van der Waals surface area contributed by atoms with Crippen molar-refractivity contribution in [1.29, 1.82) is 0 Å². The second-order valence-electron chi connectivity index (χ2n) is 7.30. The van der Waals surface area contributed by atoms with Gasteiger partial charge in [0.05, 0.1) is 26.7 Å². The molecular formula is C19H24NOS+. The third-order valence-corrected chi connectivity index (χ3v) is 6.93. The molecule has 4 heterocycles. The molecule has 0 aliphatic carbocycles. The molecule has 3 heteroatoms. The molecule has 2 bridgehead atoms. The lowest BCUT2D eigenvalue weighted by molar-refractivity contribution is -0.930. The standard InChI is InChI=1S/C19H24NOS/c1-20-11-9-15(10-12-20)17(14-20)19(21,18-8-5-13-22-18)16-6-3-2-4-7-16/h2-8,13,15,17,21H,9-12,14H2,1H3/q+1/t15?,17-,19+,20?/m0/s1. The van der Waals surface area contributed by atoms with Gasteiger partial charge < -0.3 is 9.59 Å². The third-order valence-electron chi connectivity index (χ3n) is 5.93. The van der Waals surface area contributed by atoms with Gasteiger partial charge in [0.25, 0.3) is 0 Å². The van der Waals surface area contributed by atoms with E-state index in [2.05, 4.69) is 36.7 Å². The van der Waals surface area contributed by atoms with Gasteiger partial charge in [-0.15, -0.1) is 11.3 Å². The molecule has 3 aliphatic rings. The molecule has 1 aromatic heterocycles. The van der Waals surface area contributed by atoms with Crippen molar-refractivity contribution in [1.82, 2.24) is 0 Å². The van der Waals surface area contributed by atoms with E-state index in [0.717, 1.165) is 21.5 Å². The molecule has 3 saturated heterocycles. The molecule has 0 spiro atoms. The molecule has 0 amide bonds. The van der Waals surface area contributed by atoms with Crippen LogP contribution in [0.15, 0.2) is 47.8 Å². The summed E-state index contributed by atoms with van der Waals surface area (Å²) in [6.45, 7) is 3.64. The normalized spacial score (nSPS) is 33.5. The van der Waals surface area contributed by atoms with Crippen molar-refractivity contribution in [3.8, 4) is 0 Å². The number of fused-ring (bicyclic) bond motifs is 3. The van der Waals surface area contributed by atoms with Crippen molar-refractivity contribution in [2.24, 2.45) is 11.8 Å². The average Bonchev–Trinajstić information content (AvgIpc) is 3.10. The first kappa shape index (κ1) is 14.4. The number of hydrogen-bond acceptors (Lipinski definition) is 2. The summed E-state index contributed by atoms with van der Waals surface area (Å²) in [7, 11) is 2.36. The zero-order valence-corrected chi connectivity index (χ0v) is 13.9. The zero-order chi connectivity index (χ0) is 15.2. The quantitative estimate of drug-likeness (QED) is 0.860. The van der Waals surface area contributed by atoms with Crippen molar-refractivity contribution in [3.05, 3.63) is 58.3 Å². The number of nitrogens with zero attached hydrogens (tertiary/aromatic N) is 1. The maximum Gasteiger partial charge on any atom is 0.132 e. The van der Waals surface area contributed by atoms with Gasteiger partial charge in [-0.2, -0.15) is 0 Å². The molecule has 0 unspecified atom stereocenters. The van der Waals surface area contributed by atoms with Gasteiger partial charge in [-0.3, -0.25) is 0 Å². The number of hydrogen-bond donors (Lipinski definition) is 1. The van der Waals surface area contributed by atoms with E-state index in [1.54, 1.807) is 11.3 Å². The molecule has 0 radical (unpaired) electrons. The van der Waals surface area contributed by atoms with Crippen molar-refractivity contribution < 1.29 is 9.59 Å². The molecule has 3 fully saturated rings. The van der Waals surface area contributed by atoms with E-state index in [0.29, 0.717) is 11.8 Å². The van der Waals surface area contributed by atoms with E-state index in [4.69, 9.17) is 0 Å². The molecular weight excluding hydrogens is 290 g/mol. The maximum atomic E-state index is 11.9. The van der Waals surface area contributed by atoms with E-state index in [1.807, 2.05) is 18.2 Å². The Bertz CT molecular complexity index is 631. The minimum absolute atomic E-state index is 0.320. The maximum absolute atomic E-state index is 11.9. The smallest absolute Gasteiger partial charge is 0.132 e. The van der Waals surface area contributed by atoms with Gasteiger partial charge >= 0.3 is 0 Å². The second kappa shape index (κ2) is 5.19. The summed E-state index contributed by atoms with van der Waals surface area (Å²) in [6, 6.07) is 14.5. The first-order chi connectivity index (χ1) is 10.6. The zero-order valence-electron chi connectivity index (χ0n) is 13.1. The molecule has 22 heavy (non-hydrogen) atoms. The lowest BCUT2D eigenvalue weighted by atomic mass is 9.66. The van der Waals surface area contributed by atoms with Gasteiger partial charge in [0.2, 0.25) is 0 Å². The third kappa shape index (κ3) is 2.15. The number of thiophene rings is 1. The summed E-state index contributed by atoms with van der Waals surface area (Å²) in [5.41, 5.74) is 0.225. The predicted molar refractivity (Wildman–Crippen MR) is 90.8 cm³/mol. The summed E-state index contributed by atoms with van der Waals surface area (Å²) in [6.07, 6.45) is 2.50. The fourth-order valence-corrected chi connectivity index (χ4v) is 5.53. The summed E-state index contributed by atoms with van der Waals surface area (Å²) < 4.78 is 1.13. The Morgan fingerprint density at radius 2 is 1.82 bits per heavy atom. The summed E-state index contributed by atoms with van der Waals surface area (Å²) in [5.74, 6) is 0.966. The predicted octanol–water partition coefficient (Wildman–Crippen LogP) is 3.47. The number of aliphatic hydroxyl groups is 1. The summed E-state index contributed by atoms with van der Waals surface area (Å²) in [5, 5.41) is 14.0. The number of quaternary nitrogens is 1. The fourth-order valence-electron chi connectivity index (χ4n) is 4.62. The van der Waals surface area contributed by atoms with Crippen molar-refractivity contribution in [2.45, 2.75) is 18.4 Å². The van der Waals surface area contributed by atoms with Crippen LogP contribution >= 0.6 is 11.3 Å². The van der Waals surface area contributed by atoms with Crippen LogP contribution in [0.4, 0.5) is 0 Å². The van der Waals surface area contributed by atoms with Crippen LogP contribution in [0, 0.1) is 11.8 Å². The molecule has 1 aromatic carbocycles.